The first-order valence-electron chi connectivity index (χ1n) is 13.4. The Kier molecular flexibility index (Phi) is 15.1. The molecule has 0 saturated heterocycles. The van der Waals surface area contributed by atoms with E-state index in [2.05, 4.69) is 25.7 Å². The molecule has 0 amide bonds. The van der Waals surface area contributed by atoms with Gasteiger partial charge in [-0.05, 0) is 52.5 Å². The van der Waals surface area contributed by atoms with E-state index in [0.29, 0.717) is 13.0 Å². The highest BCUT2D eigenvalue weighted by molar-refractivity contribution is 5.97. The summed E-state index contributed by atoms with van der Waals surface area (Å²) in [5.41, 5.74) is 0.436. The van der Waals surface area contributed by atoms with Crippen molar-refractivity contribution in [3.63, 3.8) is 0 Å². The number of esters is 1. The summed E-state index contributed by atoms with van der Waals surface area (Å²) in [5.74, 6) is 6.48. The van der Waals surface area contributed by atoms with Crippen molar-refractivity contribution in [2.24, 2.45) is 5.92 Å². The van der Waals surface area contributed by atoms with Gasteiger partial charge >= 0.3 is 5.97 Å². The SMILES string of the molecule is CCCCCCC#CC1=CC(=O)[C@H](CCCCCC)[C@@H]1OCCCCCC(=O)OC(C)(C)C. The van der Waals surface area contributed by atoms with Crippen LogP contribution in [0.4, 0.5) is 0 Å². The van der Waals surface area contributed by atoms with Crippen LogP contribution in [0.25, 0.3) is 0 Å². The van der Waals surface area contributed by atoms with Gasteiger partial charge in [-0.1, -0.05) is 77.1 Å². The van der Waals surface area contributed by atoms with Crippen LogP contribution >= 0.6 is 0 Å². The average Bonchev–Trinajstić information content (AvgIpc) is 3.03. The van der Waals surface area contributed by atoms with Crippen LogP contribution in [0.5, 0.6) is 0 Å². The topological polar surface area (TPSA) is 52.6 Å². The van der Waals surface area contributed by atoms with E-state index in [1.807, 2.05) is 20.8 Å². The maximum Gasteiger partial charge on any atom is 0.306 e. The summed E-state index contributed by atoms with van der Waals surface area (Å²) in [6.45, 7) is 10.7. The molecule has 0 aromatic heterocycles. The standard InChI is InChI=1S/C29H48O4/c1-6-8-10-12-13-15-19-24-23-26(30)25(20-16-11-9-7-2)28(24)32-22-18-14-17-21-27(31)33-29(3,4)5/h23,25,28H,6-14,16-18,20-22H2,1-5H3/t25-,28+/m0/s1. The molecule has 4 heteroatoms. The van der Waals surface area contributed by atoms with Crippen molar-refractivity contribution >= 4 is 11.8 Å². The van der Waals surface area contributed by atoms with E-state index < -0.39 is 5.60 Å². The normalized spacial score (nSPS) is 18.1. The number of rotatable bonds is 16. The number of allylic oxidation sites excluding steroid dienone is 1. The van der Waals surface area contributed by atoms with Crippen molar-refractivity contribution in [2.45, 2.75) is 136 Å². The number of hydrogen-bond acceptors (Lipinski definition) is 4. The zero-order chi connectivity index (χ0) is 24.5. The van der Waals surface area contributed by atoms with Crippen LogP contribution in [-0.2, 0) is 19.1 Å². The third-order valence-corrected chi connectivity index (χ3v) is 5.83. The van der Waals surface area contributed by atoms with Crippen LogP contribution in [0.3, 0.4) is 0 Å². The average molecular weight is 461 g/mol. The molecule has 0 aliphatic heterocycles. The van der Waals surface area contributed by atoms with E-state index in [1.54, 1.807) is 6.08 Å². The van der Waals surface area contributed by atoms with Crippen LogP contribution < -0.4 is 0 Å². The first kappa shape index (κ1) is 29.4. The van der Waals surface area contributed by atoms with Crippen molar-refractivity contribution in [1.29, 1.82) is 0 Å². The van der Waals surface area contributed by atoms with Gasteiger partial charge in [0.2, 0.25) is 0 Å². The molecule has 4 nitrogen and oxygen atoms in total. The first-order valence-corrected chi connectivity index (χ1v) is 13.4. The van der Waals surface area contributed by atoms with E-state index in [0.717, 1.165) is 56.9 Å². The second-order valence-electron chi connectivity index (χ2n) is 10.3. The Labute approximate surface area is 203 Å². The highest BCUT2D eigenvalue weighted by Crippen LogP contribution is 2.30. The molecule has 1 aliphatic carbocycles. The van der Waals surface area contributed by atoms with Crippen molar-refractivity contribution < 1.29 is 19.1 Å². The maximum atomic E-state index is 12.7. The van der Waals surface area contributed by atoms with Crippen LogP contribution in [0, 0.1) is 17.8 Å². The molecule has 0 N–H and O–H groups in total. The van der Waals surface area contributed by atoms with E-state index in [4.69, 9.17) is 9.47 Å². The lowest BCUT2D eigenvalue weighted by atomic mass is 9.94. The van der Waals surface area contributed by atoms with E-state index >= 15 is 0 Å². The molecule has 1 rings (SSSR count). The van der Waals surface area contributed by atoms with Crippen molar-refractivity contribution in [3.8, 4) is 11.8 Å². The van der Waals surface area contributed by atoms with E-state index in [-0.39, 0.29) is 23.8 Å². The zero-order valence-corrected chi connectivity index (χ0v) is 22.0. The summed E-state index contributed by atoms with van der Waals surface area (Å²) in [5, 5.41) is 0. The largest absolute Gasteiger partial charge is 0.460 e. The number of carbonyl (C=O) groups excluding carboxylic acids is 2. The molecule has 33 heavy (non-hydrogen) atoms. The summed E-state index contributed by atoms with van der Waals surface area (Å²) < 4.78 is 11.6. The Morgan fingerprint density at radius 3 is 2.27 bits per heavy atom. The van der Waals surface area contributed by atoms with Gasteiger partial charge in [-0.2, -0.15) is 0 Å². The minimum atomic E-state index is -0.429. The number of carbonyl (C=O) groups is 2. The molecule has 1 aliphatic rings. The summed E-state index contributed by atoms with van der Waals surface area (Å²) in [6, 6.07) is 0. The third-order valence-electron chi connectivity index (χ3n) is 5.83. The smallest absolute Gasteiger partial charge is 0.306 e. The lowest BCUT2D eigenvalue weighted by Gasteiger charge is -2.21. The van der Waals surface area contributed by atoms with Crippen LogP contribution in [-0.4, -0.2) is 30.1 Å². The number of hydrogen-bond donors (Lipinski definition) is 0. The highest BCUT2D eigenvalue weighted by atomic mass is 16.6. The van der Waals surface area contributed by atoms with Gasteiger partial charge in [0.15, 0.2) is 5.78 Å². The molecule has 0 radical (unpaired) electrons. The Balaban J connectivity index is 2.51. The van der Waals surface area contributed by atoms with Gasteiger partial charge in [0.05, 0.1) is 5.92 Å². The van der Waals surface area contributed by atoms with Gasteiger partial charge in [-0.3, -0.25) is 9.59 Å². The zero-order valence-electron chi connectivity index (χ0n) is 22.0. The van der Waals surface area contributed by atoms with E-state index in [9.17, 15) is 9.59 Å². The molecule has 0 spiro atoms. The lowest BCUT2D eigenvalue weighted by molar-refractivity contribution is -0.155. The maximum absolute atomic E-state index is 12.7. The molecule has 0 saturated carbocycles. The van der Waals surface area contributed by atoms with Gasteiger partial charge < -0.3 is 9.47 Å². The van der Waals surface area contributed by atoms with Gasteiger partial charge in [0.1, 0.15) is 11.7 Å². The second kappa shape index (κ2) is 16.9. The van der Waals surface area contributed by atoms with E-state index in [1.165, 1.54) is 32.1 Å². The second-order valence-corrected chi connectivity index (χ2v) is 10.3. The molecule has 2 atom stereocenters. The number of ether oxygens (including phenoxy) is 2. The first-order chi connectivity index (χ1) is 15.8. The van der Waals surface area contributed by atoms with Gasteiger partial charge in [-0.25, -0.2) is 0 Å². The summed E-state index contributed by atoms with van der Waals surface area (Å²) in [4.78, 5) is 24.5. The van der Waals surface area contributed by atoms with Crippen LogP contribution in [0.2, 0.25) is 0 Å². The fourth-order valence-electron chi connectivity index (χ4n) is 4.06. The molecule has 0 unspecified atom stereocenters. The monoisotopic (exact) mass is 460 g/mol. The Hall–Kier alpha value is -1.60. The molecule has 0 fully saturated rings. The Bertz CT molecular complexity index is 659. The van der Waals surface area contributed by atoms with Crippen molar-refractivity contribution in [2.75, 3.05) is 6.61 Å². The predicted octanol–water partition coefficient (Wildman–Crippen LogP) is 7.34. The predicted molar refractivity (Wildman–Crippen MR) is 136 cm³/mol. The van der Waals surface area contributed by atoms with Gasteiger partial charge in [0, 0.05) is 25.0 Å². The highest BCUT2D eigenvalue weighted by Gasteiger charge is 2.35. The van der Waals surface area contributed by atoms with Gasteiger partial charge in [0.25, 0.3) is 0 Å². The van der Waals surface area contributed by atoms with Crippen LogP contribution in [0.15, 0.2) is 11.6 Å². The molecular formula is C29H48O4. The fourth-order valence-corrected chi connectivity index (χ4v) is 4.06. The van der Waals surface area contributed by atoms with Gasteiger partial charge in [-0.15, -0.1) is 0 Å². The quantitative estimate of drug-likeness (QED) is 0.137. The summed E-state index contributed by atoms with van der Waals surface area (Å²) in [7, 11) is 0. The minimum Gasteiger partial charge on any atom is -0.460 e. The van der Waals surface area contributed by atoms with Crippen molar-refractivity contribution in [3.05, 3.63) is 11.6 Å². The molecule has 0 bridgehead atoms. The summed E-state index contributed by atoms with van der Waals surface area (Å²) >= 11 is 0. The molecule has 188 valence electrons. The molecular weight excluding hydrogens is 412 g/mol. The Morgan fingerprint density at radius 1 is 0.939 bits per heavy atom. The molecule has 0 aromatic rings. The number of unbranched alkanes of at least 4 members (excludes halogenated alkanes) is 9. The van der Waals surface area contributed by atoms with Crippen molar-refractivity contribution in [1.82, 2.24) is 0 Å². The fraction of sp³-hybridized carbons (Fsp3) is 0.793. The van der Waals surface area contributed by atoms with Crippen LogP contribution in [0.1, 0.15) is 125 Å². The molecule has 0 aromatic carbocycles. The number of ketones is 1. The third kappa shape index (κ3) is 13.6. The summed E-state index contributed by atoms with van der Waals surface area (Å²) in [6.07, 6.45) is 15.7. The Morgan fingerprint density at radius 2 is 1.61 bits per heavy atom. The minimum absolute atomic E-state index is 0.0898. The molecule has 0 heterocycles. The lowest BCUT2D eigenvalue weighted by Crippen LogP contribution is -2.26.